The number of rotatable bonds is 7. The SMILES string of the molecule is COc1cc(C2C3=C(CC(C)(C)CC3=O)Nc3ccccc3N2CC(=O)NC2CCCCC2)cc(OC)c1OC. The number of allylic oxidation sites excluding steroid dienone is 1. The van der Waals surface area contributed by atoms with Crippen molar-refractivity contribution in [3.63, 3.8) is 0 Å². The van der Waals surface area contributed by atoms with Gasteiger partial charge < -0.3 is 29.7 Å². The second kappa shape index (κ2) is 11.4. The predicted molar refractivity (Wildman–Crippen MR) is 156 cm³/mol. The van der Waals surface area contributed by atoms with Gasteiger partial charge in [0.25, 0.3) is 0 Å². The molecular formula is C32H41N3O5. The second-order valence-corrected chi connectivity index (χ2v) is 11.9. The van der Waals surface area contributed by atoms with Crippen molar-refractivity contribution in [1.82, 2.24) is 5.32 Å². The molecule has 0 spiro atoms. The number of hydrogen-bond acceptors (Lipinski definition) is 7. The number of para-hydroxylation sites is 2. The first kappa shape index (κ1) is 27.9. The van der Waals surface area contributed by atoms with Crippen LogP contribution in [0.3, 0.4) is 0 Å². The zero-order valence-corrected chi connectivity index (χ0v) is 24.3. The molecule has 1 fully saturated rings. The van der Waals surface area contributed by atoms with Gasteiger partial charge in [0.05, 0.1) is 45.3 Å². The van der Waals surface area contributed by atoms with E-state index < -0.39 is 6.04 Å². The fraction of sp³-hybridized carbons (Fsp3) is 0.500. The molecule has 0 radical (unpaired) electrons. The molecule has 0 bridgehead atoms. The zero-order valence-electron chi connectivity index (χ0n) is 24.3. The Balaban J connectivity index is 1.68. The number of carbonyl (C=O) groups excluding carboxylic acids is 2. The van der Waals surface area contributed by atoms with E-state index in [4.69, 9.17) is 14.2 Å². The molecule has 1 saturated carbocycles. The van der Waals surface area contributed by atoms with E-state index in [9.17, 15) is 9.59 Å². The van der Waals surface area contributed by atoms with Gasteiger partial charge >= 0.3 is 0 Å². The van der Waals surface area contributed by atoms with Crippen molar-refractivity contribution in [2.24, 2.45) is 5.41 Å². The zero-order chi connectivity index (χ0) is 28.4. The normalized spacial score (nSPS) is 20.6. The van der Waals surface area contributed by atoms with Gasteiger partial charge in [0.1, 0.15) is 0 Å². The minimum atomic E-state index is -0.541. The molecule has 1 heterocycles. The van der Waals surface area contributed by atoms with Crippen molar-refractivity contribution in [3.8, 4) is 17.2 Å². The Kier molecular flexibility index (Phi) is 7.97. The average molecular weight is 548 g/mol. The lowest BCUT2D eigenvalue weighted by molar-refractivity contribution is -0.121. The standard InChI is InChI=1S/C32H41N3O5/c1-32(2)17-23-29(25(36)18-32)30(20-15-26(38-3)31(40-5)27(16-20)39-4)35(24-14-10-9-13-22(24)34-23)19-28(37)33-21-11-7-6-8-12-21/h9-10,13-16,21,30,34H,6-8,11-12,17-19H2,1-5H3,(H,33,37). The Bertz CT molecular complexity index is 1290. The summed E-state index contributed by atoms with van der Waals surface area (Å²) < 4.78 is 17.0. The third-order valence-corrected chi connectivity index (χ3v) is 8.29. The first-order chi connectivity index (χ1) is 19.2. The molecule has 0 aromatic heterocycles. The molecule has 8 nitrogen and oxygen atoms in total. The third-order valence-electron chi connectivity index (χ3n) is 8.29. The van der Waals surface area contributed by atoms with Crippen LogP contribution in [0.15, 0.2) is 47.7 Å². The topological polar surface area (TPSA) is 89.1 Å². The van der Waals surface area contributed by atoms with Crippen LogP contribution in [0.25, 0.3) is 0 Å². The molecule has 3 aliphatic rings. The minimum Gasteiger partial charge on any atom is -0.493 e. The molecule has 1 unspecified atom stereocenters. The Morgan fingerprint density at radius 1 is 1.00 bits per heavy atom. The maximum atomic E-state index is 14.0. The molecule has 40 heavy (non-hydrogen) atoms. The number of methoxy groups -OCH3 is 3. The van der Waals surface area contributed by atoms with E-state index in [2.05, 4.69) is 29.4 Å². The van der Waals surface area contributed by atoms with Crippen molar-refractivity contribution in [3.05, 3.63) is 53.2 Å². The molecule has 2 aromatic rings. The number of Topliss-reactive ketones (excluding diaryl/α,β-unsaturated/α-hetero) is 1. The molecule has 1 atom stereocenters. The molecule has 8 heteroatoms. The fourth-order valence-electron chi connectivity index (χ4n) is 6.51. The van der Waals surface area contributed by atoms with E-state index >= 15 is 0 Å². The number of hydrogen-bond donors (Lipinski definition) is 2. The largest absolute Gasteiger partial charge is 0.493 e. The quantitative estimate of drug-likeness (QED) is 0.454. The lowest BCUT2D eigenvalue weighted by Crippen LogP contribution is -2.45. The van der Waals surface area contributed by atoms with Crippen molar-refractivity contribution in [1.29, 1.82) is 0 Å². The van der Waals surface area contributed by atoms with E-state index in [1.807, 2.05) is 36.4 Å². The number of nitrogens with one attached hydrogen (secondary N) is 2. The first-order valence-corrected chi connectivity index (χ1v) is 14.2. The number of fused-ring (bicyclic) bond motifs is 1. The summed E-state index contributed by atoms with van der Waals surface area (Å²) >= 11 is 0. The van der Waals surface area contributed by atoms with Crippen LogP contribution in [0.2, 0.25) is 0 Å². The van der Waals surface area contributed by atoms with Crippen LogP contribution in [-0.4, -0.2) is 45.6 Å². The Morgan fingerprint density at radius 3 is 2.33 bits per heavy atom. The molecule has 214 valence electrons. The van der Waals surface area contributed by atoms with E-state index in [0.29, 0.717) is 35.7 Å². The summed E-state index contributed by atoms with van der Waals surface area (Å²) in [6.07, 6.45) is 6.63. The summed E-state index contributed by atoms with van der Waals surface area (Å²) in [5.74, 6) is 1.50. The van der Waals surface area contributed by atoms with Gasteiger partial charge in [-0.2, -0.15) is 0 Å². The molecule has 2 aliphatic carbocycles. The van der Waals surface area contributed by atoms with E-state index in [-0.39, 0.29) is 29.7 Å². The molecule has 1 aliphatic heterocycles. The molecule has 0 saturated heterocycles. The number of ether oxygens (including phenoxy) is 3. The number of benzene rings is 2. The van der Waals surface area contributed by atoms with E-state index in [0.717, 1.165) is 48.3 Å². The average Bonchev–Trinajstić information content (AvgIpc) is 3.06. The summed E-state index contributed by atoms with van der Waals surface area (Å²) in [6.45, 7) is 4.35. The molecule has 5 rings (SSSR count). The number of carbonyl (C=O) groups is 2. The van der Waals surface area contributed by atoms with Crippen molar-refractivity contribution in [2.45, 2.75) is 70.9 Å². The highest BCUT2D eigenvalue weighted by Gasteiger charge is 2.42. The van der Waals surface area contributed by atoms with Crippen LogP contribution >= 0.6 is 0 Å². The summed E-state index contributed by atoms with van der Waals surface area (Å²) in [5, 5.41) is 6.89. The molecule has 2 N–H and O–H groups in total. The van der Waals surface area contributed by atoms with Gasteiger partial charge in [-0.05, 0) is 54.5 Å². The van der Waals surface area contributed by atoms with Crippen LogP contribution in [-0.2, 0) is 9.59 Å². The number of amides is 1. The lowest BCUT2D eigenvalue weighted by Gasteiger charge is -2.38. The van der Waals surface area contributed by atoms with Gasteiger partial charge in [0, 0.05) is 23.7 Å². The number of nitrogens with zero attached hydrogens (tertiary/aromatic N) is 1. The Hall–Kier alpha value is -3.68. The highest BCUT2D eigenvalue weighted by atomic mass is 16.5. The van der Waals surface area contributed by atoms with Crippen molar-refractivity contribution >= 4 is 23.1 Å². The van der Waals surface area contributed by atoms with Crippen LogP contribution in [0.5, 0.6) is 17.2 Å². The summed E-state index contributed by atoms with van der Waals surface area (Å²) in [4.78, 5) is 29.7. The van der Waals surface area contributed by atoms with Crippen molar-refractivity contribution in [2.75, 3.05) is 38.1 Å². The van der Waals surface area contributed by atoms with Gasteiger partial charge in [0.2, 0.25) is 11.7 Å². The van der Waals surface area contributed by atoms with Crippen LogP contribution < -0.4 is 29.7 Å². The van der Waals surface area contributed by atoms with Crippen LogP contribution in [0.1, 0.15) is 70.4 Å². The van der Waals surface area contributed by atoms with E-state index in [1.165, 1.54) is 6.42 Å². The summed E-state index contributed by atoms with van der Waals surface area (Å²) in [6, 6.07) is 11.4. The predicted octanol–water partition coefficient (Wildman–Crippen LogP) is 5.78. The first-order valence-electron chi connectivity index (χ1n) is 14.2. The summed E-state index contributed by atoms with van der Waals surface area (Å²) in [5.41, 5.74) is 3.91. The highest BCUT2D eigenvalue weighted by Crippen LogP contribution is 2.50. The number of ketones is 1. The fourth-order valence-corrected chi connectivity index (χ4v) is 6.51. The highest BCUT2D eigenvalue weighted by molar-refractivity contribution is 6.02. The molecule has 1 amide bonds. The third kappa shape index (κ3) is 5.49. The molecular weight excluding hydrogens is 506 g/mol. The monoisotopic (exact) mass is 547 g/mol. The van der Waals surface area contributed by atoms with Gasteiger partial charge in [-0.1, -0.05) is 45.2 Å². The maximum Gasteiger partial charge on any atom is 0.239 e. The van der Waals surface area contributed by atoms with E-state index in [1.54, 1.807) is 21.3 Å². The molecule has 2 aromatic carbocycles. The number of anilines is 2. The van der Waals surface area contributed by atoms with Crippen LogP contribution in [0, 0.1) is 5.41 Å². The van der Waals surface area contributed by atoms with Gasteiger partial charge in [0.15, 0.2) is 17.3 Å². The van der Waals surface area contributed by atoms with Crippen LogP contribution in [0.4, 0.5) is 11.4 Å². The Morgan fingerprint density at radius 2 is 1.68 bits per heavy atom. The second-order valence-electron chi connectivity index (χ2n) is 11.9. The lowest BCUT2D eigenvalue weighted by atomic mass is 9.73. The van der Waals surface area contributed by atoms with Gasteiger partial charge in [-0.3, -0.25) is 9.59 Å². The summed E-state index contributed by atoms with van der Waals surface area (Å²) in [7, 11) is 4.74. The van der Waals surface area contributed by atoms with Crippen molar-refractivity contribution < 1.29 is 23.8 Å². The Labute approximate surface area is 237 Å². The maximum absolute atomic E-state index is 14.0. The van der Waals surface area contributed by atoms with Gasteiger partial charge in [-0.25, -0.2) is 0 Å². The van der Waals surface area contributed by atoms with Gasteiger partial charge in [-0.15, -0.1) is 0 Å². The minimum absolute atomic E-state index is 0.0493. The smallest absolute Gasteiger partial charge is 0.239 e.